The number of rotatable bonds is 2. The maximum Gasteiger partial charge on any atom is 0.0398 e. The first-order chi connectivity index (χ1) is 5.74. The molecular formula is C9H10BrNS. The second-order valence-corrected chi connectivity index (χ2v) is 3.64. The molecule has 12 heavy (non-hydrogen) atoms. The van der Waals surface area contributed by atoms with Gasteiger partial charge in [-0.2, -0.15) is 12.6 Å². The number of thiol groups is 1. The zero-order valence-electron chi connectivity index (χ0n) is 6.50. The molecule has 0 unspecified atom stereocenters. The van der Waals surface area contributed by atoms with Gasteiger partial charge in [0.15, 0.2) is 0 Å². The third-order valence-corrected chi connectivity index (χ3v) is 2.16. The quantitative estimate of drug-likeness (QED) is 0.607. The lowest BCUT2D eigenvalue weighted by atomic mass is 10.2. The highest BCUT2D eigenvalue weighted by molar-refractivity contribution is 9.10. The molecule has 1 aromatic rings. The van der Waals surface area contributed by atoms with Crippen molar-refractivity contribution in [1.29, 1.82) is 0 Å². The van der Waals surface area contributed by atoms with Gasteiger partial charge in [-0.1, -0.05) is 34.1 Å². The topological polar surface area (TPSA) is 26.0 Å². The number of benzene rings is 1. The summed E-state index contributed by atoms with van der Waals surface area (Å²) in [6.45, 7) is 0. The third kappa shape index (κ3) is 2.57. The van der Waals surface area contributed by atoms with Gasteiger partial charge in [-0.3, -0.25) is 0 Å². The monoisotopic (exact) mass is 243 g/mol. The first kappa shape index (κ1) is 9.68. The number of halogens is 1. The fourth-order valence-corrected chi connectivity index (χ4v) is 1.36. The van der Waals surface area contributed by atoms with Crippen molar-refractivity contribution in [3.8, 4) is 0 Å². The Morgan fingerprint density at radius 3 is 2.83 bits per heavy atom. The second kappa shape index (κ2) is 4.58. The van der Waals surface area contributed by atoms with Crippen LogP contribution >= 0.6 is 28.6 Å². The van der Waals surface area contributed by atoms with Crippen molar-refractivity contribution in [3.05, 3.63) is 34.3 Å². The second-order valence-electron chi connectivity index (χ2n) is 2.36. The minimum absolute atomic E-state index is 0.732. The van der Waals surface area contributed by atoms with Crippen LogP contribution in [0, 0.1) is 0 Å². The van der Waals surface area contributed by atoms with E-state index in [-0.39, 0.29) is 0 Å². The Bertz CT molecular complexity index is 297. The summed E-state index contributed by atoms with van der Waals surface area (Å²) in [6.07, 6.45) is 3.93. The average Bonchev–Trinajstić information content (AvgIpc) is 2.03. The lowest BCUT2D eigenvalue weighted by Crippen LogP contribution is -1.88. The SMILES string of the molecule is Nc1cc(Br)ccc1C=CCS. The van der Waals surface area contributed by atoms with Crippen LogP contribution in [0.25, 0.3) is 6.08 Å². The zero-order valence-corrected chi connectivity index (χ0v) is 8.98. The summed E-state index contributed by atoms with van der Waals surface area (Å²) >= 11 is 7.41. The van der Waals surface area contributed by atoms with Crippen LogP contribution in [0.4, 0.5) is 5.69 Å². The van der Waals surface area contributed by atoms with Gasteiger partial charge < -0.3 is 5.73 Å². The first-order valence-corrected chi connectivity index (χ1v) is 4.99. The van der Waals surface area contributed by atoms with Crippen LogP contribution in [0.5, 0.6) is 0 Å². The summed E-state index contributed by atoms with van der Waals surface area (Å²) in [5.74, 6) is 0.732. The van der Waals surface area contributed by atoms with Crippen molar-refractivity contribution >= 4 is 40.3 Å². The standard InChI is InChI=1S/C9H10BrNS/c10-8-4-3-7(2-1-5-12)9(11)6-8/h1-4,6,12H,5,11H2. The van der Waals surface area contributed by atoms with Gasteiger partial charge >= 0.3 is 0 Å². The minimum atomic E-state index is 0.732. The zero-order chi connectivity index (χ0) is 8.97. The Labute approximate surface area is 86.2 Å². The Morgan fingerprint density at radius 2 is 2.25 bits per heavy atom. The van der Waals surface area contributed by atoms with Crippen LogP contribution in [-0.4, -0.2) is 5.75 Å². The van der Waals surface area contributed by atoms with Crippen LogP contribution in [-0.2, 0) is 0 Å². The lowest BCUT2D eigenvalue weighted by molar-refractivity contribution is 1.59. The van der Waals surface area contributed by atoms with E-state index in [1.54, 1.807) is 0 Å². The molecular weight excluding hydrogens is 234 g/mol. The van der Waals surface area contributed by atoms with Gasteiger partial charge in [0, 0.05) is 15.9 Å². The summed E-state index contributed by atoms with van der Waals surface area (Å²) < 4.78 is 1.00. The van der Waals surface area contributed by atoms with Crippen LogP contribution in [0.3, 0.4) is 0 Å². The summed E-state index contributed by atoms with van der Waals surface area (Å²) in [5, 5.41) is 0. The minimum Gasteiger partial charge on any atom is -0.398 e. The highest BCUT2D eigenvalue weighted by atomic mass is 79.9. The van der Waals surface area contributed by atoms with E-state index in [2.05, 4.69) is 28.6 Å². The number of hydrogen-bond acceptors (Lipinski definition) is 2. The van der Waals surface area contributed by atoms with Crippen molar-refractivity contribution in [1.82, 2.24) is 0 Å². The highest BCUT2D eigenvalue weighted by Crippen LogP contribution is 2.19. The molecule has 0 heterocycles. The number of anilines is 1. The van der Waals surface area contributed by atoms with Gasteiger partial charge in [-0.05, 0) is 17.7 Å². The van der Waals surface area contributed by atoms with Gasteiger partial charge in [0.25, 0.3) is 0 Å². The lowest BCUT2D eigenvalue weighted by Gasteiger charge is -1.99. The van der Waals surface area contributed by atoms with Crippen molar-refractivity contribution < 1.29 is 0 Å². The van der Waals surface area contributed by atoms with E-state index < -0.39 is 0 Å². The summed E-state index contributed by atoms with van der Waals surface area (Å²) in [5.41, 5.74) is 7.57. The molecule has 0 saturated heterocycles. The molecule has 1 aromatic carbocycles. The van der Waals surface area contributed by atoms with Crippen LogP contribution in [0.1, 0.15) is 5.56 Å². The summed E-state index contributed by atoms with van der Waals surface area (Å²) in [4.78, 5) is 0. The van der Waals surface area contributed by atoms with E-state index in [0.717, 1.165) is 21.5 Å². The van der Waals surface area contributed by atoms with Crippen molar-refractivity contribution in [2.45, 2.75) is 0 Å². The highest BCUT2D eigenvalue weighted by Gasteiger charge is 1.94. The van der Waals surface area contributed by atoms with Gasteiger partial charge in [-0.15, -0.1) is 0 Å². The van der Waals surface area contributed by atoms with Crippen LogP contribution in [0.15, 0.2) is 28.7 Å². The molecule has 0 aromatic heterocycles. The molecule has 0 saturated carbocycles. The van der Waals surface area contributed by atoms with Crippen molar-refractivity contribution in [3.63, 3.8) is 0 Å². The molecule has 64 valence electrons. The van der Waals surface area contributed by atoms with Crippen LogP contribution < -0.4 is 5.73 Å². The van der Waals surface area contributed by atoms with Gasteiger partial charge in [-0.25, -0.2) is 0 Å². The molecule has 0 aliphatic rings. The van der Waals surface area contributed by atoms with Gasteiger partial charge in [0.05, 0.1) is 0 Å². The smallest absolute Gasteiger partial charge is 0.0398 e. The predicted octanol–water partition coefficient (Wildman–Crippen LogP) is 2.97. The molecule has 0 atom stereocenters. The Balaban J connectivity index is 2.94. The summed E-state index contributed by atoms with van der Waals surface area (Å²) in [7, 11) is 0. The van der Waals surface area contributed by atoms with E-state index in [1.807, 2.05) is 30.4 Å². The van der Waals surface area contributed by atoms with E-state index in [9.17, 15) is 0 Å². The van der Waals surface area contributed by atoms with Crippen molar-refractivity contribution in [2.24, 2.45) is 0 Å². The molecule has 1 rings (SSSR count). The fourth-order valence-electron chi connectivity index (χ4n) is 0.877. The molecule has 0 aliphatic heterocycles. The largest absolute Gasteiger partial charge is 0.398 e. The first-order valence-electron chi connectivity index (χ1n) is 3.56. The van der Waals surface area contributed by atoms with E-state index in [4.69, 9.17) is 5.73 Å². The van der Waals surface area contributed by atoms with Gasteiger partial charge in [0.1, 0.15) is 0 Å². The number of nitrogens with two attached hydrogens (primary N) is 1. The maximum absolute atomic E-state index is 5.76. The molecule has 0 aliphatic carbocycles. The normalized spacial score (nSPS) is 10.8. The van der Waals surface area contributed by atoms with Crippen LogP contribution in [0.2, 0.25) is 0 Å². The van der Waals surface area contributed by atoms with E-state index in [1.165, 1.54) is 0 Å². The Kier molecular flexibility index (Phi) is 3.69. The van der Waals surface area contributed by atoms with E-state index in [0.29, 0.717) is 0 Å². The molecule has 0 spiro atoms. The molecule has 0 fully saturated rings. The molecule has 1 nitrogen and oxygen atoms in total. The predicted molar refractivity (Wildman–Crippen MR) is 61.4 cm³/mol. The molecule has 2 N–H and O–H groups in total. The summed E-state index contributed by atoms with van der Waals surface area (Å²) in [6, 6.07) is 5.83. The fraction of sp³-hybridized carbons (Fsp3) is 0.111. The maximum atomic E-state index is 5.76. The van der Waals surface area contributed by atoms with E-state index >= 15 is 0 Å². The Hall–Kier alpha value is -0.410. The molecule has 0 amide bonds. The molecule has 0 bridgehead atoms. The van der Waals surface area contributed by atoms with Gasteiger partial charge in [0.2, 0.25) is 0 Å². The third-order valence-electron chi connectivity index (χ3n) is 1.45. The number of nitrogen functional groups attached to an aromatic ring is 1. The Morgan fingerprint density at radius 1 is 1.50 bits per heavy atom. The molecule has 3 heteroatoms. The average molecular weight is 244 g/mol. The molecule has 0 radical (unpaired) electrons. The number of hydrogen-bond donors (Lipinski definition) is 2. The van der Waals surface area contributed by atoms with Crippen molar-refractivity contribution in [2.75, 3.05) is 11.5 Å².